The largest absolute Gasteiger partial charge is 0.361 e. The van der Waals surface area contributed by atoms with Gasteiger partial charge in [0.15, 0.2) is 5.96 Å². The highest BCUT2D eigenvalue weighted by atomic mass is 16.5. The molecular weight excluding hydrogens is 364 g/mol. The number of aryl methyl sites for hydroxylation is 2. The van der Waals surface area contributed by atoms with Crippen molar-refractivity contribution in [3.8, 4) is 0 Å². The summed E-state index contributed by atoms with van der Waals surface area (Å²) < 4.78 is 7.59. The van der Waals surface area contributed by atoms with Gasteiger partial charge >= 0.3 is 0 Å². The molecule has 3 rings (SSSR count). The highest BCUT2D eigenvalue weighted by molar-refractivity contribution is 5.79. The molecule has 0 radical (unpaired) electrons. The van der Waals surface area contributed by atoms with Crippen LogP contribution in [-0.2, 0) is 32.5 Å². The number of benzene rings is 1. The molecule has 2 heterocycles. The maximum absolute atomic E-state index is 5.45. The van der Waals surface area contributed by atoms with Crippen molar-refractivity contribution >= 4 is 5.96 Å². The standard InChI is InChI=1S/C22H30N6O/c1-4-19-18(20(5-2)29-27-19)14-25-22(23-6-3)26-15-21-24-12-13-28(21)16-17-10-8-7-9-11-17/h7-13H,4-6,14-16H2,1-3H3,(H2,23,25,26). The van der Waals surface area contributed by atoms with Crippen molar-refractivity contribution < 1.29 is 4.52 Å². The summed E-state index contributed by atoms with van der Waals surface area (Å²) in [7, 11) is 0. The molecule has 154 valence electrons. The minimum atomic E-state index is 0.545. The fourth-order valence-corrected chi connectivity index (χ4v) is 3.21. The summed E-state index contributed by atoms with van der Waals surface area (Å²) >= 11 is 0. The Hall–Kier alpha value is -3.09. The quantitative estimate of drug-likeness (QED) is 0.430. The van der Waals surface area contributed by atoms with Crippen molar-refractivity contribution in [1.29, 1.82) is 0 Å². The Morgan fingerprint density at radius 2 is 1.93 bits per heavy atom. The van der Waals surface area contributed by atoms with E-state index in [0.29, 0.717) is 13.1 Å². The second-order valence-electron chi connectivity index (χ2n) is 6.74. The number of aromatic nitrogens is 3. The summed E-state index contributed by atoms with van der Waals surface area (Å²) in [5, 5.41) is 10.9. The second kappa shape index (κ2) is 10.5. The molecule has 1 aromatic carbocycles. The van der Waals surface area contributed by atoms with E-state index >= 15 is 0 Å². The van der Waals surface area contributed by atoms with Gasteiger partial charge in [-0.3, -0.25) is 0 Å². The highest BCUT2D eigenvalue weighted by Crippen LogP contribution is 2.16. The van der Waals surface area contributed by atoms with Crippen molar-refractivity contribution in [2.45, 2.75) is 53.2 Å². The number of nitrogens with zero attached hydrogens (tertiary/aromatic N) is 4. The molecule has 3 aromatic rings. The van der Waals surface area contributed by atoms with Crippen LogP contribution in [0.25, 0.3) is 0 Å². The number of rotatable bonds is 9. The van der Waals surface area contributed by atoms with Crippen molar-refractivity contribution in [2.24, 2.45) is 4.99 Å². The highest BCUT2D eigenvalue weighted by Gasteiger charge is 2.13. The molecule has 0 bridgehead atoms. The average molecular weight is 395 g/mol. The van der Waals surface area contributed by atoms with Gasteiger partial charge in [-0.05, 0) is 18.9 Å². The van der Waals surface area contributed by atoms with E-state index in [-0.39, 0.29) is 0 Å². The molecule has 0 aliphatic carbocycles. The van der Waals surface area contributed by atoms with E-state index in [4.69, 9.17) is 9.52 Å². The topological polar surface area (TPSA) is 80.3 Å². The predicted octanol–water partition coefficient (Wildman–Crippen LogP) is 3.30. The van der Waals surface area contributed by atoms with Crippen LogP contribution in [-0.4, -0.2) is 27.2 Å². The molecule has 0 aliphatic rings. The zero-order chi connectivity index (χ0) is 20.5. The lowest BCUT2D eigenvalue weighted by Gasteiger charge is -2.13. The normalized spacial score (nSPS) is 11.6. The van der Waals surface area contributed by atoms with Gasteiger partial charge in [-0.25, -0.2) is 9.98 Å². The summed E-state index contributed by atoms with van der Waals surface area (Å²) in [4.78, 5) is 9.25. The molecule has 29 heavy (non-hydrogen) atoms. The lowest BCUT2D eigenvalue weighted by Crippen LogP contribution is -2.37. The van der Waals surface area contributed by atoms with Crippen molar-refractivity contribution in [3.05, 3.63) is 71.1 Å². The third kappa shape index (κ3) is 5.47. The van der Waals surface area contributed by atoms with Crippen LogP contribution in [0.3, 0.4) is 0 Å². The van der Waals surface area contributed by atoms with Crippen molar-refractivity contribution in [1.82, 2.24) is 25.3 Å². The molecule has 0 aliphatic heterocycles. The average Bonchev–Trinajstić information content (AvgIpc) is 3.36. The van der Waals surface area contributed by atoms with Crippen LogP contribution in [0.15, 0.2) is 52.2 Å². The molecular formula is C22H30N6O. The van der Waals surface area contributed by atoms with Crippen molar-refractivity contribution in [2.75, 3.05) is 6.54 Å². The van der Waals surface area contributed by atoms with Crippen LogP contribution in [0.2, 0.25) is 0 Å². The van der Waals surface area contributed by atoms with Gasteiger partial charge in [0, 0.05) is 37.5 Å². The van der Waals surface area contributed by atoms with Gasteiger partial charge in [-0.2, -0.15) is 0 Å². The van der Waals surface area contributed by atoms with Crippen LogP contribution < -0.4 is 10.6 Å². The lowest BCUT2D eigenvalue weighted by molar-refractivity contribution is 0.380. The smallest absolute Gasteiger partial charge is 0.191 e. The summed E-state index contributed by atoms with van der Waals surface area (Å²) in [6.07, 6.45) is 5.50. The Balaban J connectivity index is 1.67. The van der Waals surface area contributed by atoms with Gasteiger partial charge in [0.05, 0.1) is 18.8 Å². The minimum absolute atomic E-state index is 0.545. The molecule has 7 heteroatoms. The Kier molecular flexibility index (Phi) is 7.44. The second-order valence-corrected chi connectivity index (χ2v) is 6.74. The summed E-state index contributed by atoms with van der Waals surface area (Å²) in [6.45, 7) is 8.94. The molecule has 0 saturated carbocycles. The molecule has 0 unspecified atom stereocenters. The van der Waals surface area contributed by atoms with Gasteiger partial charge < -0.3 is 19.7 Å². The van der Waals surface area contributed by atoms with E-state index in [1.165, 1.54) is 5.56 Å². The van der Waals surface area contributed by atoms with E-state index in [2.05, 4.69) is 70.4 Å². The van der Waals surface area contributed by atoms with E-state index in [1.54, 1.807) is 0 Å². The third-order valence-corrected chi connectivity index (χ3v) is 4.76. The lowest BCUT2D eigenvalue weighted by atomic mass is 10.1. The van der Waals surface area contributed by atoms with E-state index in [1.807, 2.05) is 18.5 Å². The van der Waals surface area contributed by atoms with Crippen LogP contribution >= 0.6 is 0 Å². The van der Waals surface area contributed by atoms with Crippen molar-refractivity contribution in [3.63, 3.8) is 0 Å². The Labute approximate surface area is 172 Å². The molecule has 2 aromatic heterocycles. The summed E-state index contributed by atoms with van der Waals surface area (Å²) in [6, 6.07) is 10.4. The van der Waals surface area contributed by atoms with Gasteiger partial charge in [0.1, 0.15) is 11.6 Å². The maximum Gasteiger partial charge on any atom is 0.191 e. The maximum atomic E-state index is 5.45. The number of hydrogen-bond donors (Lipinski definition) is 2. The number of imidazole rings is 1. The van der Waals surface area contributed by atoms with Gasteiger partial charge in [0.2, 0.25) is 0 Å². The number of nitrogens with one attached hydrogen (secondary N) is 2. The SMILES string of the molecule is CCNC(=NCc1c(CC)noc1CC)NCc1nccn1Cc1ccccc1. The van der Waals surface area contributed by atoms with E-state index in [0.717, 1.165) is 54.7 Å². The Morgan fingerprint density at radius 1 is 1.10 bits per heavy atom. The predicted molar refractivity (Wildman–Crippen MR) is 115 cm³/mol. The first-order chi connectivity index (χ1) is 14.2. The zero-order valence-electron chi connectivity index (χ0n) is 17.5. The molecule has 7 nitrogen and oxygen atoms in total. The molecule has 0 atom stereocenters. The van der Waals surface area contributed by atoms with E-state index < -0.39 is 0 Å². The number of guanidine groups is 1. The first-order valence-electron chi connectivity index (χ1n) is 10.3. The Morgan fingerprint density at radius 3 is 2.66 bits per heavy atom. The Bertz CT molecular complexity index is 891. The molecule has 0 saturated heterocycles. The van der Waals surface area contributed by atoms with Crippen LogP contribution in [0, 0.1) is 0 Å². The number of hydrogen-bond acceptors (Lipinski definition) is 4. The van der Waals surface area contributed by atoms with Gasteiger partial charge in [-0.1, -0.05) is 49.3 Å². The number of aliphatic imine (C=N–C) groups is 1. The molecule has 0 fully saturated rings. The monoisotopic (exact) mass is 394 g/mol. The third-order valence-electron chi connectivity index (χ3n) is 4.76. The van der Waals surface area contributed by atoms with Crippen LogP contribution in [0.1, 0.15) is 49.2 Å². The van der Waals surface area contributed by atoms with Gasteiger partial charge in [-0.15, -0.1) is 0 Å². The van der Waals surface area contributed by atoms with Gasteiger partial charge in [0.25, 0.3) is 0 Å². The molecule has 0 amide bonds. The first kappa shape index (κ1) is 20.6. The molecule has 0 spiro atoms. The van der Waals surface area contributed by atoms with Crippen LogP contribution in [0.4, 0.5) is 0 Å². The van der Waals surface area contributed by atoms with E-state index in [9.17, 15) is 0 Å². The summed E-state index contributed by atoms with van der Waals surface area (Å²) in [5.41, 5.74) is 3.33. The summed E-state index contributed by atoms with van der Waals surface area (Å²) in [5.74, 6) is 2.64. The first-order valence-corrected chi connectivity index (χ1v) is 10.3. The minimum Gasteiger partial charge on any atom is -0.361 e. The van der Waals surface area contributed by atoms with Crippen LogP contribution in [0.5, 0.6) is 0 Å². The zero-order valence-corrected chi connectivity index (χ0v) is 17.5. The fraction of sp³-hybridized carbons (Fsp3) is 0.409. The fourth-order valence-electron chi connectivity index (χ4n) is 3.21. The molecule has 2 N–H and O–H groups in total.